The quantitative estimate of drug-likeness (QED) is 0.0354. The zero-order valence-corrected chi connectivity index (χ0v) is 83.0. The fraction of sp³-hybridized carbons (Fsp3) is 0.550. The lowest BCUT2D eigenvalue weighted by atomic mass is 9.86. The van der Waals surface area contributed by atoms with Crippen LogP contribution in [0.4, 0.5) is 0 Å². The van der Waals surface area contributed by atoms with Gasteiger partial charge < -0.3 is 28.4 Å². The second-order valence-corrected chi connectivity index (χ2v) is 40.0. The second kappa shape index (κ2) is 56.1. The molecule has 6 atom stereocenters. The van der Waals surface area contributed by atoms with E-state index in [1.807, 2.05) is 0 Å². The normalized spacial score (nSPS) is 12.6. The lowest BCUT2D eigenvalue weighted by Gasteiger charge is -2.15. The van der Waals surface area contributed by atoms with E-state index in [9.17, 15) is 0 Å². The van der Waals surface area contributed by atoms with Gasteiger partial charge in [-0.15, -0.1) is 0 Å². The molecule has 0 spiro atoms. The van der Waals surface area contributed by atoms with Crippen molar-refractivity contribution in [2.75, 3.05) is 39.6 Å². The zero-order chi connectivity index (χ0) is 91.5. The third kappa shape index (κ3) is 39.1. The van der Waals surface area contributed by atoms with Gasteiger partial charge >= 0.3 is 0 Å². The van der Waals surface area contributed by atoms with E-state index in [4.69, 9.17) is 28.4 Å². The van der Waals surface area contributed by atoms with Gasteiger partial charge in [0.1, 0.15) is 34.5 Å². The maximum Gasteiger partial charge on any atom is 0.122 e. The van der Waals surface area contributed by atoms with Gasteiger partial charge in [0.2, 0.25) is 0 Å². The van der Waals surface area contributed by atoms with Crippen LogP contribution in [-0.2, 0) is 0 Å². The summed E-state index contributed by atoms with van der Waals surface area (Å²) in [5.74, 6) is 58.0. The van der Waals surface area contributed by atoms with Crippen molar-refractivity contribution in [3.8, 4) is 106 Å². The van der Waals surface area contributed by atoms with E-state index in [0.29, 0.717) is 144 Å². The first-order chi connectivity index (χ1) is 60.4. The van der Waals surface area contributed by atoms with Crippen LogP contribution in [0.25, 0.3) is 0 Å². The number of hydrogen-bond acceptors (Lipinski definition) is 6. The van der Waals surface area contributed by atoms with Crippen LogP contribution in [0.2, 0.25) is 0 Å². The Morgan fingerprint density at radius 1 is 0.175 bits per heavy atom. The van der Waals surface area contributed by atoms with E-state index in [0.717, 1.165) is 140 Å². The third-order valence-electron chi connectivity index (χ3n) is 24.6. The molecule has 6 nitrogen and oxygen atoms in total. The molecule has 0 bridgehead atoms. The van der Waals surface area contributed by atoms with E-state index >= 15 is 0 Å². The second-order valence-electron chi connectivity index (χ2n) is 40.0. The predicted octanol–water partition coefficient (Wildman–Crippen LogP) is 31.3. The average molecular weight is 1700 g/mol. The van der Waals surface area contributed by atoms with Gasteiger partial charge in [0.05, 0.1) is 73.0 Å². The SMILES string of the molecule is Cc1cc(C#Cc2c(C#Cc3ccc(OCCC(C)CCCC(C)C)c(C)c3)c(C#Cc3ccc(OCCC(C)CCCC(C)C)c(C)c3)c(C#Cc3ccc(OCCC(C)CCCC(C)C)c(C)c3)c(C#Cc3ccc(OCCC(C)CCCC(C)C)c(C)c3)c2C#Cc2ccc(OCCC(C)CCCC(C)C)c(C)c2)ccc1OCCC(C)CCCC(C)C. The van der Waals surface area contributed by atoms with E-state index in [1.54, 1.807) is 0 Å². The Hall–Kier alpha value is -9.30. The molecule has 0 N–H and O–H groups in total. The molecule has 0 aliphatic rings. The first kappa shape index (κ1) is 104. The summed E-state index contributed by atoms with van der Waals surface area (Å²) < 4.78 is 39.6. The van der Waals surface area contributed by atoms with Crippen LogP contribution >= 0.6 is 0 Å². The molecule has 0 heterocycles. The molecule has 0 aliphatic carbocycles. The fourth-order valence-corrected chi connectivity index (χ4v) is 16.0. The number of aryl methyl sites for hydroxylation is 6. The van der Waals surface area contributed by atoms with Crippen molar-refractivity contribution in [3.05, 3.63) is 209 Å². The maximum atomic E-state index is 6.59. The molecule has 0 saturated carbocycles. The first-order valence-corrected chi connectivity index (χ1v) is 49.1. The highest BCUT2D eigenvalue weighted by molar-refractivity contribution is 5.79. The predicted molar refractivity (Wildman–Crippen MR) is 537 cm³/mol. The Balaban J connectivity index is 1.56. The number of hydrogen-bond donors (Lipinski definition) is 0. The summed E-state index contributed by atoms with van der Waals surface area (Å²) in [6, 6.07) is 37.7. The summed E-state index contributed by atoms with van der Waals surface area (Å²) in [6.45, 7) is 58.4. The summed E-state index contributed by atoms with van der Waals surface area (Å²) >= 11 is 0. The Morgan fingerprint density at radius 3 is 0.429 bits per heavy atom. The van der Waals surface area contributed by atoms with Crippen molar-refractivity contribution in [3.63, 3.8) is 0 Å². The van der Waals surface area contributed by atoms with Crippen molar-refractivity contribution in [1.82, 2.24) is 0 Å². The van der Waals surface area contributed by atoms with Crippen molar-refractivity contribution >= 4 is 0 Å². The van der Waals surface area contributed by atoms with Gasteiger partial charge in [-0.1, -0.05) is 311 Å². The van der Waals surface area contributed by atoms with E-state index < -0.39 is 0 Å². The van der Waals surface area contributed by atoms with Crippen LogP contribution < -0.4 is 28.4 Å². The minimum Gasteiger partial charge on any atom is -0.493 e. The highest BCUT2D eigenvalue weighted by Crippen LogP contribution is 2.33. The lowest BCUT2D eigenvalue weighted by Crippen LogP contribution is -2.06. The van der Waals surface area contributed by atoms with Gasteiger partial charge in [-0.05, 0) is 294 Å². The number of ether oxygens (including phenoxy) is 6. The largest absolute Gasteiger partial charge is 0.493 e. The summed E-state index contributed by atoms with van der Waals surface area (Å²) in [5, 5.41) is 0. The molecule has 0 radical (unpaired) electrons. The van der Waals surface area contributed by atoms with Gasteiger partial charge in [-0.25, -0.2) is 0 Å². The van der Waals surface area contributed by atoms with Crippen LogP contribution in [0, 0.1) is 184 Å². The smallest absolute Gasteiger partial charge is 0.122 e. The Labute approximate surface area is 769 Å². The molecule has 0 fully saturated rings. The Morgan fingerprint density at radius 2 is 0.310 bits per heavy atom. The van der Waals surface area contributed by atoms with Gasteiger partial charge in [-0.2, -0.15) is 0 Å². The molecule has 678 valence electrons. The minimum absolute atomic E-state index is 0.569. The van der Waals surface area contributed by atoms with Gasteiger partial charge in [0.15, 0.2) is 0 Å². The molecule has 126 heavy (non-hydrogen) atoms. The molecule has 7 aromatic carbocycles. The molecule has 6 unspecified atom stereocenters. The van der Waals surface area contributed by atoms with Crippen molar-refractivity contribution in [1.29, 1.82) is 0 Å². The molecule has 7 rings (SSSR count). The topological polar surface area (TPSA) is 55.4 Å². The van der Waals surface area contributed by atoms with E-state index in [-0.39, 0.29) is 0 Å². The Kier molecular flexibility index (Phi) is 46.2. The zero-order valence-electron chi connectivity index (χ0n) is 83.0. The van der Waals surface area contributed by atoms with Crippen LogP contribution in [-0.4, -0.2) is 39.6 Å². The molecule has 6 heteroatoms. The van der Waals surface area contributed by atoms with E-state index in [1.165, 1.54) is 116 Å². The van der Waals surface area contributed by atoms with Crippen LogP contribution in [0.15, 0.2) is 109 Å². The molecule has 0 saturated heterocycles. The highest BCUT2D eigenvalue weighted by atomic mass is 16.5. The van der Waals surface area contributed by atoms with Crippen LogP contribution in [0.3, 0.4) is 0 Å². The number of benzene rings is 7. The molecule has 0 aliphatic heterocycles. The maximum absolute atomic E-state index is 6.59. The summed E-state index contributed by atoms with van der Waals surface area (Å²) in [4.78, 5) is 0. The van der Waals surface area contributed by atoms with Gasteiger partial charge in [0, 0.05) is 33.4 Å². The monoisotopic (exact) mass is 1700 g/mol. The highest BCUT2D eigenvalue weighted by Gasteiger charge is 2.23. The van der Waals surface area contributed by atoms with Crippen molar-refractivity contribution in [2.24, 2.45) is 71.0 Å². The molecule has 0 aromatic heterocycles. The summed E-state index contributed by atoms with van der Waals surface area (Å²) in [5.41, 5.74) is 14.4. The first-order valence-electron chi connectivity index (χ1n) is 49.1. The van der Waals surface area contributed by atoms with Crippen LogP contribution in [0.1, 0.15) is 379 Å². The molecule has 0 amide bonds. The van der Waals surface area contributed by atoms with Gasteiger partial charge in [0.25, 0.3) is 0 Å². The molecule has 7 aromatic rings. The van der Waals surface area contributed by atoms with Crippen molar-refractivity contribution < 1.29 is 28.4 Å². The molecular weight excluding hydrogens is 1540 g/mol. The fourth-order valence-electron chi connectivity index (χ4n) is 16.0. The van der Waals surface area contributed by atoms with Crippen molar-refractivity contribution in [2.45, 2.75) is 320 Å². The molecular formula is C120H162O6. The van der Waals surface area contributed by atoms with Crippen LogP contribution in [0.5, 0.6) is 34.5 Å². The van der Waals surface area contributed by atoms with Gasteiger partial charge in [-0.3, -0.25) is 0 Å². The lowest BCUT2D eigenvalue weighted by molar-refractivity contribution is 0.274. The summed E-state index contributed by atoms with van der Waals surface area (Å²) in [7, 11) is 0. The Bertz CT molecular complexity index is 4090. The minimum atomic E-state index is 0.569. The average Bonchev–Trinajstić information content (AvgIpc) is 0.758. The van der Waals surface area contributed by atoms with E-state index in [2.05, 4.69) is 346 Å². The standard InChI is InChI=1S/C120H162O6/c1-85(2)31-25-37-91(13)67-73-121-115-61-49-103(79-97(115)19)43-55-109-110(56-44-104-50-62-116(98(20)80-104)122-74-68-92(14)38-26-32-86(3)4)112(58-46-106-52-64-118(100(22)82-106)124-76-70-94(16)40-28-34-88(7)8)114(60-48-108-54-66-120(102(24)84-108)126-78-72-96(18)42-30-36-90(11)12)113(59-47-107-53-65-119(101(23)83-107)125-77-71-95(17)41-29-35-89(9)10)111(109)57-45-105-51-63-117(99(21)81-105)123-75-69-93(15)39-27-33-87(5)6/h49-54,61-66,79-96H,25-42,67-78H2,1-24H3. The number of rotatable bonds is 48. The summed E-state index contributed by atoms with van der Waals surface area (Å²) in [6.07, 6.45) is 28.0. The third-order valence-corrected chi connectivity index (χ3v) is 24.6.